The average Bonchev–Trinajstić information content (AvgIpc) is 2.46. The van der Waals surface area contributed by atoms with Crippen LogP contribution in [0.4, 0.5) is 0 Å². The first-order valence-corrected chi connectivity index (χ1v) is 8.43. The normalized spacial score (nSPS) is 36.7. The van der Waals surface area contributed by atoms with Crippen LogP contribution in [0.15, 0.2) is 24.3 Å². The molecule has 2 nitrogen and oxygen atoms in total. The Labute approximate surface area is 126 Å². The van der Waals surface area contributed by atoms with Gasteiger partial charge in [-0.2, -0.15) is 0 Å². The highest BCUT2D eigenvalue weighted by Gasteiger charge is 2.48. The maximum Gasteiger partial charge on any atom is 0.338 e. The molecule has 0 N–H and O–H groups in total. The van der Waals surface area contributed by atoms with Gasteiger partial charge < -0.3 is 4.74 Å². The summed E-state index contributed by atoms with van der Waals surface area (Å²) in [5, 5.41) is 0. The van der Waals surface area contributed by atoms with Crippen LogP contribution >= 0.6 is 0 Å². The Bertz CT molecular complexity index is 503. The minimum Gasteiger partial charge on any atom is -0.462 e. The summed E-state index contributed by atoms with van der Waals surface area (Å²) in [7, 11) is 0. The third-order valence-electron chi connectivity index (χ3n) is 6.12. The van der Waals surface area contributed by atoms with Crippen LogP contribution in [-0.2, 0) is 4.74 Å². The second-order valence-electron chi connectivity index (χ2n) is 7.56. The minimum absolute atomic E-state index is 0.149. The Morgan fingerprint density at radius 2 is 1.57 bits per heavy atom. The molecule has 4 aliphatic rings. The fourth-order valence-electron chi connectivity index (χ4n) is 5.25. The molecule has 1 aromatic carbocycles. The second-order valence-corrected chi connectivity index (χ2v) is 7.56. The standard InChI is InChI=1S/C19H24O2/c1-12-2-4-15(5-3-12)19(20)21-11-18-16-7-13-6-14(9-16)10-17(18)8-13/h2-5,13-14,16-18H,6-11H2,1H3. The van der Waals surface area contributed by atoms with Gasteiger partial charge in [0.05, 0.1) is 12.2 Å². The van der Waals surface area contributed by atoms with E-state index in [1.54, 1.807) is 0 Å². The topological polar surface area (TPSA) is 26.3 Å². The largest absolute Gasteiger partial charge is 0.462 e. The number of benzene rings is 1. The van der Waals surface area contributed by atoms with Gasteiger partial charge in [0, 0.05) is 0 Å². The molecule has 5 rings (SSSR count). The second kappa shape index (κ2) is 5.15. The van der Waals surface area contributed by atoms with Crippen molar-refractivity contribution in [2.75, 3.05) is 6.61 Å². The molecule has 21 heavy (non-hydrogen) atoms. The minimum atomic E-state index is -0.149. The summed E-state index contributed by atoms with van der Waals surface area (Å²) in [5.41, 5.74) is 1.86. The Kier molecular flexibility index (Phi) is 3.28. The van der Waals surface area contributed by atoms with Crippen molar-refractivity contribution in [1.29, 1.82) is 0 Å². The van der Waals surface area contributed by atoms with Crippen molar-refractivity contribution in [3.63, 3.8) is 0 Å². The predicted molar refractivity (Wildman–Crippen MR) is 82.0 cm³/mol. The van der Waals surface area contributed by atoms with Gasteiger partial charge in [0.15, 0.2) is 0 Å². The van der Waals surface area contributed by atoms with Crippen LogP contribution in [0.2, 0.25) is 0 Å². The van der Waals surface area contributed by atoms with Gasteiger partial charge in [-0.1, -0.05) is 17.7 Å². The molecule has 0 radical (unpaired) electrons. The number of rotatable bonds is 3. The summed E-state index contributed by atoms with van der Waals surface area (Å²) in [6.45, 7) is 2.67. The number of aryl methyl sites for hydroxylation is 1. The molecule has 2 heteroatoms. The molecule has 4 aliphatic carbocycles. The number of esters is 1. The maximum absolute atomic E-state index is 12.2. The van der Waals surface area contributed by atoms with Crippen molar-refractivity contribution in [2.45, 2.75) is 39.0 Å². The first-order valence-electron chi connectivity index (χ1n) is 8.43. The molecular formula is C19H24O2. The molecule has 0 saturated heterocycles. The van der Waals surface area contributed by atoms with Crippen molar-refractivity contribution in [2.24, 2.45) is 29.6 Å². The number of carbonyl (C=O) groups excluding carboxylic acids is 1. The lowest BCUT2D eigenvalue weighted by atomic mass is 9.52. The highest BCUT2D eigenvalue weighted by atomic mass is 16.5. The molecule has 112 valence electrons. The maximum atomic E-state index is 12.2. The molecule has 0 aromatic heterocycles. The fourth-order valence-corrected chi connectivity index (χ4v) is 5.25. The van der Waals surface area contributed by atoms with Crippen molar-refractivity contribution in [3.05, 3.63) is 35.4 Å². The van der Waals surface area contributed by atoms with Crippen molar-refractivity contribution in [3.8, 4) is 0 Å². The van der Waals surface area contributed by atoms with Gasteiger partial charge in [0.1, 0.15) is 0 Å². The van der Waals surface area contributed by atoms with E-state index >= 15 is 0 Å². The van der Waals surface area contributed by atoms with Gasteiger partial charge in [0.2, 0.25) is 0 Å². The van der Waals surface area contributed by atoms with Crippen molar-refractivity contribution >= 4 is 5.97 Å². The molecule has 4 saturated carbocycles. The Hall–Kier alpha value is -1.31. The Balaban J connectivity index is 1.38. The highest BCUT2D eigenvalue weighted by Crippen LogP contribution is 2.56. The predicted octanol–water partition coefficient (Wildman–Crippen LogP) is 4.22. The molecular weight excluding hydrogens is 260 g/mol. The van der Waals surface area contributed by atoms with E-state index in [1.807, 2.05) is 31.2 Å². The Morgan fingerprint density at radius 3 is 2.14 bits per heavy atom. The number of hydrogen-bond donors (Lipinski definition) is 0. The van der Waals surface area contributed by atoms with E-state index in [4.69, 9.17) is 4.74 Å². The van der Waals surface area contributed by atoms with Crippen molar-refractivity contribution in [1.82, 2.24) is 0 Å². The van der Waals surface area contributed by atoms with Crippen LogP contribution in [0.1, 0.15) is 48.0 Å². The smallest absolute Gasteiger partial charge is 0.338 e. The number of carbonyl (C=O) groups is 1. The van der Waals surface area contributed by atoms with E-state index in [9.17, 15) is 4.79 Å². The molecule has 0 atom stereocenters. The number of hydrogen-bond acceptors (Lipinski definition) is 2. The lowest BCUT2D eigenvalue weighted by Crippen LogP contribution is -2.46. The molecule has 0 amide bonds. The summed E-state index contributed by atoms with van der Waals surface area (Å²) >= 11 is 0. The highest BCUT2D eigenvalue weighted by molar-refractivity contribution is 5.89. The van der Waals surface area contributed by atoms with Gasteiger partial charge in [-0.25, -0.2) is 4.79 Å². The molecule has 1 aromatic rings. The molecule has 4 bridgehead atoms. The third kappa shape index (κ3) is 2.49. The van der Waals surface area contributed by atoms with Crippen molar-refractivity contribution < 1.29 is 9.53 Å². The number of ether oxygens (including phenoxy) is 1. The van der Waals surface area contributed by atoms with Crippen LogP contribution < -0.4 is 0 Å². The zero-order valence-electron chi connectivity index (χ0n) is 12.8. The lowest BCUT2D eigenvalue weighted by molar-refractivity contribution is -0.0622. The molecule has 4 fully saturated rings. The SMILES string of the molecule is Cc1ccc(C(=O)OCC2C3CC4CC(C3)CC2C4)cc1. The Morgan fingerprint density at radius 1 is 1.00 bits per heavy atom. The first-order chi connectivity index (χ1) is 10.2. The summed E-state index contributed by atoms with van der Waals surface area (Å²) < 4.78 is 5.65. The third-order valence-corrected chi connectivity index (χ3v) is 6.12. The summed E-state index contributed by atoms with van der Waals surface area (Å²) in [6, 6.07) is 7.68. The van der Waals surface area contributed by atoms with Gasteiger partial charge in [-0.05, 0) is 80.8 Å². The van der Waals surface area contributed by atoms with E-state index in [0.29, 0.717) is 18.1 Å². The molecule has 0 aliphatic heterocycles. The summed E-state index contributed by atoms with van der Waals surface area (Å²) in [4.78, 5) is 12.2. The summed E-state index contributed by atoms with van der Waals surface area (Å²) in [6.07, 6.45) is 7.03. The zero-order chi connectivity index (χ0) is 14.4. The van der Waals surface area contributed by atoms with Gasteiger partial charge >= 0.3 is 5.97 Å². The van der Waals surface area contributed by atoms with Crippen LogP contribution in [0.25, 0.3) is 0 Å². The molecule has 0 spiro atoms. The van der Waals surface area contributed by atoms with E-state index in [1.165, 1.54) is 37.7 Å². The van der Waals surface area contributed by atoms with E-state index in [2.05, 4.69) is 0 Å². The average molecular weight is 284 g/mol. The zero-order valence-corrected chi connectivity index (χ0v) is 12.8. The van der Waals surface area contributed by atoms with E-state index in [0.717, 1.165) is 23.7 Å². The van der Waals surface area contributed by atoms with Crippen LogP contribution in [-0.4, -0.2) is 12.6 Å². The van der Waals surface area contributed by atoms with E-state index in [-0.39, 0.29) is 5.97 Å². The fraction of sp³-hybridized carbons (Fsp3) is 0.632. The monoisotopic (exact) mass is 284 g/mol. The molecule has 0 unspecified atom stereocenters. The van der Waals surface area contributed by atoms with Gasteiger partial charge in [0.25, 0.3) is 0 Å². The first kappa shape index (κ1) is 13.4. The molecule has 0 heterocycles. The van der Waals surface area contributed by atoms with Gasteiger partial charge in [-0.15, -0.1) is 0 Å². The van der Waals surface area contributed by atoms with Gasteiger partial charge in [-0.3, -0.25) is 0 Å². The van der Waals surface area contributed by atoms with Crippen LogP contribution in [0, 0.1) is 36.5 Å². The quantitative estimate of drug-likeness (QED) is 0.777. The summed E-state index contributed by atoms with van der Waals surface area (Å²) in [5.74, 6) is 4.10. The van der Waals surface area contributed by atoms with Crippen LogP contribution in [0.5, 0.6) is 0 Å². The lowest BCUT2D eigenvalue weighted by Gasteiger charge is -2.54. The van der Waals surface area contributed by atoms with Crippen LogP contribution in [0.3, 0.4) is 0 Å². The van der Waals surface area contributed by atoms with E-state index < -0.39 is 0 Å².